The number of rotatable bonds is 11. The largest absolute Gasteiger partial charge is 0.494 e. The second-order valence-corrected chi connectivity index (χ2v) is 8.83. The Hall–Kier alpha value is -4.17. The molecule has 36 heavy (non-hydrogen) atoms. The summed E-state index contributed by atoms with van der Waals surface area (Å²) in [6, 6.07) is 11.5. The molecule has 1 aliphatic heterocycles. The van der Waals surface area contributed by atoms with Gasteiger partial charge in [0.05, 0.1) is 29.9 Å². The monoisotopic (exact) mass is 485 g/mol. The zero-order valence-corrected chi connectivity index (χ0v) is 21.1. The van der Waals surface area contributed by atoms with Crippen LogP contribution >= 0.6 is 0 Å². The van der Waals surface area contributed by atoms with Gasteiger partial charge in [-0.05, 0) is 37.6 Å². The first-order valence-corrected chi connectivity index (χ1v) is 11.7. The highest BCUT2D eigenvalue weighted by atomic mass is 16.5. The number of pyridine rings is 1. The summed E-state index contributed by atoms with van der Waals surface area (Å²) < 4.78 is 5.73. The molecule has 0 unspecified atom stereocenters. The standard InChI is InChI=1S/C28H35N7O/c1-5-20(13-12-18(2)21-15-35(16-21)17-22-8-6-11-27(32)33-22)23-9-7-10-24(28(23)36-4)34-25(19(3)29)14-26(30)31/h5-14,21,29,34H,1,15-17H2,2-4H3,(H3,30,31)(H2,32,33)/b18-12+,20-13+,25-14+,29-19?. The van der Waals surface area contributed by atoms with E-state index >= 15 is 0 Å². The SMILES string of the molecule is C=C/C(=C\C=C(/C)C1CN(Cc2cccc(N)n2)C1)c1cccc(N/C(=C/C(=N)N)C(C)=N)c1OC. The van der Waals surface area contributed by atoms with Crippen LogP contribution in [0.2, 0.25) is 0 Å². The van der Waals surface area contributed by atoms with Gasteiger partial charge in [0.2, 0.25) is 0 Å². The zero-order chi connectivity index (χ0) is 26.2. The zero-order valence-electron chi connectivity index (χ0n) is 21.1. The first-order valence-electron chi connectivity index (χ1n) is 11.7. The van der Waals surface area contributed by atoms with Crippen molar-refractivity contribution in [1.82, 2.24) is 9.88 Å². The second kappa shape index (κ2) is 12.0. The fraction of sp³-hybridized carbons (Fsp3) is 0.250. The first kappa shape index (κ1) is 26.4. The third kappa shape index (κ3) is 6.70. The fourth-order valence-corrected chi connectivity index (χ4v) is 4.05. The van der Waals surface area contributed by atoms with E-state index in [0.29, 0.717) is 28.9 Å². The minimum Gasteiger partial charge on any atom is -0.494 e. The predicted octanol–water partition coefficient (Wildman–Crippen LogP) is 4.59. The average Bonchev–Trinajstić information content (AvgIpc) is 2.80. The van der Waals surface area contributed by atoms with Crippen LogP contribution in [-0.2, 0) is 6.54 Å². The second-order valence-electron chi connectivity index (χ2n) is 8.83. The summed E-state index contributed by atoms with van der Waals surface area (Å²) in [5, 5.41) is 18.7. The maximum absolute atomic E-state index is 7.99. The van der Waals surface area contributed by atoms with E-state index in [-0.39, 0.29) is 11.5 Å². The molecule has 0 bridgehead atoms. The number of hydrogen-bond donors (Lipinski definition) is 5. The van der Waals surface area contributed by atoms with Crippen LogP contribution in [0.25, 0.3) is 5.57 Å². The molecule has 0 saturated carbocycles. The van der Waals surface area contributed by atoms with Gasteiger partial charge < -0.3 is 26.9 Å². The number of ether oxygens (including phenoxy) is 1. The molecule has 3 rings (SSSR count). The van der Waals surface area contributed by atoms with Crippen LogP contribution in [0.3, 0.4) is 0 Å². The Balaban J connectivity index is 1.75. The molecule has 0 spiro atoms. The van der Waals surface area contributed by atoms with Gasteiger partial charge in [0.25, 0.3) is 0 Å². The van der Waals surface area contributed by atoms with Gasteiger partial charge in [0, 0.05) is 37.2 Å². The number of nitrogens with one attached hydrogen (secondary N) is 3. The fourth-order valence-electron chi connectivity index (χ4n) is 4.05. The number of anilines is 2. The summed E-state index contributed by atoms with van der Waals surface area (Å²) >= 11 is 0. The minimum absolute atomic E-state index is 0.134. The number of methoxy groups -OCH3 is 1. The lowest BCUT2D eigenvalue weighted by Gasteiger charge is -2.39. The van der Waals surface area contributed by atoms with Gasteiger partial charge in [-0.3, -0.25) is 10.3 Å². The van der Waals surface area contributed by atoms with Gasteiger partial charge in [-0.25, -0.2) is 4.98 Å². The normalized spacial score (nSPS) is 15.2. The number of aromatic nitrogens is 1. The highest BCUT2D eigenvalue weighted by Gasteiger charge is 2.27. The van der Waals surface area contributed by atoms with Crippen molar-refractivity contribution < 1.29 is 4.74 Å². The van der Waals surface area contributed by atoms with Crippen molar-refractivity contribution in [1.29, 1.82) is 10.8 Å². The third-order valence-electron chi connectivity index (χ3n) is 6.06. The van der Waals surface area contributed by atoms with Crippen molar-refractivity contribution in [3.63, 3.8) is 0 Å². The molecule has 1 fully saturated rings. The lowest BCUT2D eigenvalue weighted by molar-refractivity contribution is 0.114. The van der Waals surface area contributed by atoms with Gasteiger partial charge >= 0.3 is 0 Å². The topological polar surface area (TPSA) is 137 Å². The highest BCUT2D eigenvalue weighted by Crippen LogP contribution is 2.35. The van der Waals surface area contributed by atoms with E-state index in [1.165, 1.54) is 11.6 Å². The van der Waals surface area contributed by atoms with Crippen molar-refractivity contribution in [3.8, 4) is 5.75 Å². The van der Waals surface area contributed by atoms with Gasteiger partial charge in [-0.15, -0.1) is 0 Å². The van der Waals surface area contributed by atoms with Crippen molar-refractivity contribution in [2.75, 3.05) is 31.2 Å². The number of nitrogens with zero attached hydrogens (tertiary/aromatic N) is 2. The Labute approximate surface area is 213 Å². The van der Waals surface area contributed by atoms with Crippen molar-refractivity contribution >= 4 is 28.6 Å². The average molecular weight is 486 g/mol. The maximum atomic E-state index is 7.99. The molecule has 2 heterocycles. The lowest BCUT2D eigenvalue weighted by atomic mass is 9.91. The van der Waals surface area contributed by atoms with Crippen LogP contribution in [0, 0.1) is 16.7 Å². The van der Waals surface area contributed by atoms with Crippen molar-refractivity contribution in [2.45, 2.75) is 20.4 Å². The molecule has 0 atom stereocenters. The van der Waals surface area contributed by atoms with Gasteiger partial charge in [0.15, 0.2) is 0 Å². The molecule has 1 saturated heterocycles. The Kier molecular flexibility index (Phi) is 8.81. The van der Waals surface area contributed by atoms with Crippen LogP contribution in [0.15, 0.2) is 78.6 Å². The lowest BCUT2D eigenvalue weighted by Crippen LogP contribution is -2.46. The number of hydrogen-bond acceptors (Lipinski definition) is 7. The first-order chi connectivity index (χ1) is 17.2. The van der Waals surface area contributed by atoms with Crippen LogP contribution in [0.1, 0.15) is 25.1 Å². The predicted molar refractivity (Wildman–Crippen MR) is 149 cm³/mol. The summed E-state index contributed by atoms with van der Waals surface area (Å²) in [5.41, 5.74) is 16.7. The van der Waals surface area contributed by atoms with Gasteiger partial charge in [-0.2, -0.15) is 0 Å². The molecular weight excluding hydrogens is 450 g/mol. The Bertz CT molecular complexity index is 1240. The van der Waals surface area contributed by atoms with Crippen LogP contribution in [0.4, 0.5) is 11.5 Å². The summed E-state index contributed by atoms with van der Waals surface area (Å²) in [6.07, 6.45) is 7.41. The van der Waals surface area contributed by atoms with E-state index in [1.807, 2.05) is 30.3 Å². The molecule has 0 radical (unpaired) electrons. The van der Waals surface area contributed by atoms with E-state index in [0.717, 1.165) is 36.5 Å². The summed E-state index contributed by atoms with van der Waals surface area (Å²) in [7, 11) is 1.61. The minimum atomic E-state index is -0.134. The van der Waals surface area contributed by atoms with E-state index in [4.69, 9.17) is 27.0 Å². The summed E-state index contributed by atoms with van der Waals surface area (Å²) in [4.78, 5) is 6.74. The number of nitrogen functional groups attached to an aromatic ring is 1. The number of allylic oxidation sites excluding steroid dienone is 5. The molecule has 0 amide bonds. The molecule has 1 aromatic heterocycles. The Morgan fingerprint density at radius 3 is 2.53 bits per heavy atom. The number of amidine groups is 1. The van der Waals surface area contributed by atoms with E-state index < -0.39 is 0 Å². The Morgan fingerprint density at radius 2 is 1.92 bits per heavy atom. The van der Waals surface area contributed by atoms with E-state index in [9.17, 15) is 0 Å². The van der Waals surface area contributed by atoms with E-state index in [2.05, 4.69) is 40.9 Å². The van der Waals surface area contributed by atoms with E-state index in [1.54, 1.807) is 26.2 Å². The van der Waals surface area contributed by atoms with Gasteiger partial charge in [-0.1, -0.05) is 48.6 Å². The number of nitrogens with two attached hydrogens (primary N) is 2. The number of para-hydroxylation sites is 1. The smallest absolute Gasteiger partial charge is 0.150 e. The highest BCUT2D eigenvalue weighted by molar-refractivity contribution is 6.05. The van der Waals surface area contributed by atoms with Crippen LogP contribution in [0.5, 0.6) is 5.75 Å². The molecule has 1 aromatic carbocycles. The number of likely N-dealkylation sites (tertiary alicyclic amines) is 1. The summed E-state index contributed by atoms with van der Waals surface area (Å²) in [6.45, 7) is 10.5. The number of benzene rings is 1. The molecular formula is C28H35N7O. The molecule has 188 valence electrons. The molecule has 2 aromatic rings. The molecule has 0 aliphatic carbocycles. The third-order valence-corrected chi connectivity index (χ3v) is 6.06. The molecule has 7 N–H and O–H groups in total. The Morgan fingerprint density at radius 1 is 1.19 bits per heavy atom. The molecule has 8 heteroatoms. The van der Waals surface area contributed by atoms with Crippen molar-refractivity contribution in [3.05, 3.63) is 89.8 Å². The van der Waals surface area contributed by atoms with Crippen LogP contribution in [-0.4, -0.2) is 41.6 Å². The van der Waals surface area contributed by atoms with Crippen molar-refractivity contribution in [2.24, 2.45) is 11.7 Å². The van der Waals surface area contributed by atoms with Gasteiger partial charge in [0.1, 0.15) is 17.4 Å². The molecule has 8 nitrogen and oxygen atoms in total. The molecule has 1 aliphatic rings. The summed E-state index contributed by atoms with van der Waals surface area (Å²) in [5.74, 6) is 1.52. The quantitative estimate of drug-likeness (QED) is 0.179. The maximum Gasteiger partial charge on any atom is 0.150 e. The van der Waals surface area contributed by atoms with Crippen LogP contribution < -0.4 is 21.5 Å².